The number of nitrogens with two attached hydrogens (primary N) is 1. The molecular weight excluding hydrogens is 102 g/mol. The summed E-state index contributed by atoms with van der Waals surface area (Å²) in [6.45, 7) is 2.07. The van der Waals surface area contributed by atoms with Gasteiger partial charge in [0.15, 0.2) is 0 Å². The van der Waals surface area contributed by atoms with Gasteiger partial charge in [-0.05, 0) is 11.5 Å². The van der Waals surface area contributed by atoms with E-state index >= 15 is 0 Å². The van der Waals surface area contributed by atoms with Crippen molar-refractivity contribution in [2.45, 2.75) is 32.4 Å². The molecule has 0 spiro atoms. The molecule has 8 heavy (non-hydrogen) atoms. The maximum absolute atomic E-state index is 8.06. The lowest BCUT2D eigenvalue weighted by Gasteiger charge is -1.93. The van der Waals surface area contributed by atoms with Crippen LogP contribution < -0.4 is 10.8 Å². The lowest BCUT2D eigenvalue weighted by atomic mass is 10.2. The molecule has 2 N–H and O–H groups in total. The van der Waals surface area contributed by atoms with Crippen LogP contribution in [0.15, 0.2) is 0 Å². The Morgan fingerprint density at radius 3 is 2.75 bits per heavy atom. The summed E-state index contributed by atoms with van der Waals surface area (Å²) in [7, 11) is 0. The first kappa shape index (κ1) is 7.56. The smallest absolute Gasteiger partial charge is 0.257 e. The zero-order valence-corrected chi connectivity index (χ0v) is 5.17. The minimum absolute atomic E-state index is 0.366. The molecule has 3 heteroatoms. The summed E-state index contributed by atoms with van der Waals surface area (Å²) in [5.74, 6) is 0. The van der Waals surface area contributed by atoms with Gasteiger partial charge in [0.05, 0.1) is 0 Å². The van der Waals surface area contributed by atoms with Gasteiger partial charge in [-0.1, -0.05) is 13.3 Å². The van der Waals surface area contributed by atoms with Gasteiger partial charge in [-0.15, -0.1) is 0 Å². The Kier molecular flexibility index (Phi) is 4.45. The van der Waals surface area contributed by atoms with Crippen molar-refractivity contribution in [1.29, 1.82) is 0 Å². The van der Waals surface area contributed by atoms with Crippen molar-refractivity contribution in [3.8, 4) is 0 Å². The molecule has 0 aliphatic heterocycles. The monoisotopic (exact) mass is 114 g/mol. The highest BCUT2D eigenvalue weighted by Crippen LogP contribution is 1.93. The number of nitrogens with zero attached hydrogens (tertiary/aromatic N) is 2. The molecule has 0 saturated heterocycles. The van der Waals surface area contributed by atoms with Gasteiger partial charge in [-0.25, -0.2) is 0 Å². The molecule has 0 saturated carbocycles. The van der Waals surface area contributed by atoms with Gasteiger partial charge in [0.1, 0.15) is 0 Å². The molecule has 47 valence electrons. The maximum atomic E-state index is 8.06. The first-order valence-electron chi connectivity index (χ1n) is 2.91. The van der Waals surface area contributed by atoms with E-state index in [1.165, 1.54) is 0 Å². The van der Waals surface area contributed by atoms with E-state index in [1.54, 1.807) is 0 Å². The highest BCUT2D eigenvalue weighted by molar-refractivity contribution is 4.50. The van der Waals surface area contributed by atoms with E-state index in [4.69, 9.17) is 11.3 Å². The second kappa shape index (κ2) is 4.71. The van der Waals surface area contributed by atoms with Gasteiger partial charge in [0, 0.05) is 6.42 Å². The summed E-state index contributed by atoms with van der Waals surface area (Å²) in [6, 6.07) is 0. The molecule has 3 nitrogen and oxygen atoms in total. The Morgan fingerprint density at radius 2 is 2.38 bits per heavy atom. The molecule has 0 aromatic carbocycles. The van der Waals surface area contributed by atoms with Crippen LogP contribution in [0.25, 0.3) is 5.53 Å². The molecule has 0 amide bonds. The van der Waals surface area contributed by atoms with Crippen LogP contribution in [0.3, 0.4) is 0 Å². The third kappa shape index (κ3) is 3.74. The molecule has 1 atom stereocenters. The average Bonchev–Trinajstić information content (AvgIpc) is 1.83. The fourth-order valence-electron chi connectivity index (χ4n) is 0.471. The van der Waals surface area contributed by atoms with Crippen molar-refractivity contribution < 1.29 is 0 Å². The Morgan fingerprint density at radius 1 is 1.75 bits per heavy atom. The molecule has 0 aromatic rings. The predicted molar refractivity (Wildman–Crippen MR) is 33.0 cm³/mol. The Labute approximate surface area is 49.8 Å². The fraction of sp³-hybridized carbons (Fsp3) is 1.00. The summed E-state index contributed by atoms with van der Waals surface area (Å²) >= 11 is 0. The second-order valence-electron chi connectivity index (χ2n) is 1.83. The number of hydrogen-bond donors (Lipinski definition) is 1. The van der Waals surface area contributed by atoms with E-state index < -0.39 is 0 Å². The van der Waals surface area contributed by atoms with Crippen LogP contribution in [0.5, 0.6) is 0 Å². The highest BCUT2D eigenvalue weighted by Gasteiger charge is 2.02. The molecule has 0 aliphatic rings. The zero-order chi connectivity index (χ0) is 6.41. The first-order chi connectivity index (χ1) is 3.81. The van der Waals surface area contributed by atoms with Crippen molar-refractivity contribution >= 4 is 0 Å². The quantitative estimate of drug-likeness (QED) is 0.540. The van der Waals surface area contributed by atoms with Gasteiger partial charge in [-0.3, -0.25) is 5.73 Å². The minimum atomic E-state index is -0.366. The average molecular weight is 114 g/mol. The molecule has 0 aliphatic carbocycles. The van der Waals surface area contributed by atoms with E-state index in [9.17, 15) is 0 Å². The van der Waals surface area contributed by atoms with Crippen molar-refractivity contribution in [1.82, 2.24) is 5.11 Å². The molecule has 0 fully saturated rings. The SMILES string of the molecule is CCCCC(N)[N+]=[N-]. The van der Waals surface area contributed by atoms with Crippen LogP contribution in [0.2, 0.25) is 0 Å². The topological polar surface area (TPSA) is 62.4 Å². The summed E-state index contributed by atoms with van der Waals surface area (Å²) in [4.78, 5) is 0. The maximum Gasteiger partial charge on any atom is 0.257 e. The normalized spacial score (nSPS) is 13.2. The summed E-state index contributed by atoms with van der Waals surface area (Å²) in [6.07, 6.45) is 2.55. The lowest BCUT2D eigenvalue weighted by Crippen LogP contribution is -2.23. The Bertz CT molecular complexity index is 62.7. The number of hydrogen-bond acceptors (Lipinski definition) is 2. The molecule has 0 rings (SSSR count). The minimum Gasteiger partial charge on any atom is -0.430 e. The van der Waals surface area contributed by atoms with Gasteiger partial charge in [0.25, 0.3) is 6.17 Å². The highest BCUT2D eigenvalue weighted by atomic mass is 15.1. The largest absolute Gasteiger partial charge is 0.430 e. The number of rotatable bonds is 4. The van der Waals surface area contributed by atoms with Gasteiger partial charge >= 0.3 is 0 Å². The lowest BCUT2D eigenvalue weighted by molar-refractivity contribution is 0.558. The standard InChI is InChI=1S/C5H12N3/c1-2-3-4-5(6)8-7/h5H,2-4,6H2,1H3. The molecule has 1 radical (unpaired) electrons. The fourth-order valence-corrected chi connectivity index (χ4v) is 0.471. The first-order valence-corrected chi connectivity index (χ1v) is 2.91. The van der Waals surface area contributed by atoms with Crippen molar-refractivity contribution in [2.75, 3.05) is 0 Å². The third-order valence-corrected chi connectivity index (χ3v) is 1.00. The molecule has 0 heterocycles. The van der Waals surface area contributed by atoms with E-state index in [2.05, 4.69) is 12.0 Å². The van der Waals surface area contributed by atoms with E-state index in [0.717, 1.165) is 19.3 Å². The van der Waals surface area contributed by atoms with Crippen LogP contribution in [0, 0.1) is 0 Å². The summed E-state index contributed by atoms with van der Waals surface area (Å²) < 4.78 is 0. The van der Waals surface area contributed by atoms with Gasteiger partial charge < -0.3 is 5.53 Å². The molecular formula is C5H12N3. The van der Waals surface area contributed by atoms with Gasteiger partial charge in [-0.2, -0.15) is 0 Å². The molecule has 0 aromatic heterocycles. The van der Waals surface area contributed by atoms with Crippen LogP contribution >= 0.6 is 0 Å². The Hall–Kier alpha value is -0.440. The van der Waals surface area contributed by atoms with E-state index in [0.29, 0.717) is 0 Å². The molecule has 0 bridgehead atoms. The van der Waals surface area contributed by atoms with Crippen molar-refractivity contribution in [3.05, 3.63) is 5.53 Å². The summed E-state index contributed by atoms with van der Waals surface area (Å²) in [5, 5.41) is 2.90. The van der Waals surface area contributed by atoms with E-state index in [-0.39, 0.29) is 6.17 Å². The number of unbranched alkanes of at least 4 members (excludes halogenated alkanes) is 1. The van der Waals surface area contributed by atoms with E-state index in [1.807, 2.05) is 0 Å². The summed E-state index contributed by atoms with van der Waals surface area (Å²) in [5.41, 5.74) is 13.3. The van der Waals surface area contributed by atoms with Crippen molar-refractivity contribution in [2.24, 2.45) is 5.73 Å². The van der Waals surface area contributed by atoms with Crippen LogP contribution in [-0.2, 0) is 0 Å². The van der Waals surface area contributed by atoms with Crippen molar-refractivity contribution in [3.63, 3.8) is 0 Å². The van der Waals surface area contributed by atoms with Crippen LogP contribution in [0.1, 0.15) is 26.2 Å². The third-order valence-electron chi connectivity index (χ3n) is 1.00. The van der Waals surface area contributed by atoms with Gasteiger partial charge in [0.2, 0.25) is 0 Å². The predicted octanol–water partition coefficient (Wildman–Crippen LogP) is 0.819. The van der Waals surface area contributed by atoms with Crippen LogP contribution in [0.4, 0.5) is 0 Å². The zero-order valence-electron chi connectivity index (χ0n) is 5.17. The van der Waals surface area contributed by atoms with Crippen LogP contribution in [-0.4, -0.2) is 6.17 Å². The molecule has 1 unspecified atom stereocenters. The second-order valence-corrected chi connectivity index (χ2v) is 1.83. The Balaban J connectivity index is 2.98.